The highest BCUT2D eigenvalue weighted by atomic mass is 16.6. The maximum Gasteiger partial charge on any atom is 0.325 e. The highest BCUT2D eigenvalue weighted by Crippen LogP contribution is 2.30. The van der Waals surface area contributed by atoms with E-state index in [9.17, 15) is 29.4 Å². The Morgan fingerprint density at radius 3 is 1.05 bits per heavy atom. The van der Waals surface area contributed by atoms with Crippen LogP contribution in [0.15, 0.2) is 48.5 Å². The first-order valence-corrected chi connectivity index (χ1v) is 25.1. The van der Waals surface area contributed by atoms with Crippen LogP contribution in [0.3, 0.4) is 0 Å². The average Bonchev–Trinajstić information content (AvgIpc) is 3.30. The maximum atomic E-state index is 12.8. The molecule has 0 aliphatic carbocycles. The van der Waals surface area contributed by atoms with E-state index in [0.29, 0.717) is 36.1 Å². The summed E-state index contributed by atoms with van der Waals surface area (Å²) in [6.07, 6.45) is 27.8. The topological polar surface area (TPSA) is 171 Å². The molecule has 0 amide bonds. The van der Waals surface area contributed by atoms with Gasteiger partial charge in [-0.3, -0.25) is 19.2 Å². The quantitative estimate of drug-likeness (QED) is 0.0475. The second kappa shape index (κ2) is 39.6. The molecule has 0 unspecified atom stereocenters. The van der Waals surface area contributed by atoms with Gasteiger partial charge >= 0.3 is 23.9 Å². The van der Waals surface area contributed by atoms with E-state index in [1.165, 1.54) is 125 Å². The van der Waals surface area contributed by atoms with Gasteiger partial charge in [0.05, 0.1) is 24.6 Å². The zero-order valence-corrected chi connectivity index (χ0v) is 40.5. The summed E-state index contributed by atoms with van der Waals surface area (Å²) in [6.45, 7) is 4.77. The molecule has 0 saturated heterocycles. The minimum Gasteiger partial charge on any atom is -0.488 e. The molecule has 2 aromatic carbocycles. The summed E-state index contributed by atoms with van der Waals surface area (Å²) in [5.41, 5.74) is 0.768. The number of ether oxygens (including phenoxy) is 6. The van der Waals surface area contributed by atoms with E-state index < -0.39 is 37.0 Å². The van der Waals surface area contributed by atoms with E-state index >= 15 is 0 Å². The predicted octanol–water partition coefficient (Wildman–Crippen LogP) is 10.7. The number of hydrogen-bond acceptors (Lipinski definition) is 12. The van der Waals surface area contributed by atoms with Crippen LogP contribution < -0.4 is 19.3 Å². The first-order chi connectivity index (χ1) is 32.2. The second-order valence-electron chi connectivity index (χ2n) is 16.9. The molecule has 2 rings (SSSR count). The number of benzene rings is 2. The fraction of sp³-hybridized carbons (Fsp3) is 0.692. The lowest BCUT2D eigenvalue weighted by Gasteiger charge is -2.25. The molecule has 0 spiro atoms. The first-order valence-electron chi connectivity index (χ1n) is 25.1. The van der Waals surface area contributed by atoms with E-state index in [1.807, 2.05) is 0 Å². The molecule has 2 aromatic rings. The lowest BCUT2D eigenvalue weighted by molar-refractivity contribution is -0.144. The summed E-state index contributed by atoms with van der Waals surface area (Å²) in [7, 11) is 0. The van der Waals surface area contributed by atoms with Crippen LogP contribution in [0.2, 0.25) is 0 Å². The molecule has 66 heavy (non-hydrogen) atoms. The minimum absolute atomic E-state index is 0.0209. The van der Waals surface area contributed by atoms with Crippen LogP contribution in [0.5, 0.6) is 11.5 Å². The number of nitrogens with zero attached hydrogens (tertiary/aromatic N) is 2. The molecule has 14 nitrogen and oxygen atoms in total. The Morgan fingerprint density at radius 1 is 0.394 bits per heavy atom. The van der Waals surface area contributed by atoms with Crippen LogP contribution >= 0.6 is 0 Å². The van der Waals surface area contributed by atoms with E-state index in [2.05, 4.69) is 13.8 Å². The number of carboxylic acid groups (broad SMARTS) is 2. The van der Waals surface area contributed by atoms with Crippen molar-refractivity contribution in [2.75, 3.05) is 88.8 Å². The van der Waals surface area contributed by atoms with Gasteiger partial charge in [-0.15, -0.1) is 0 Å². The highest BCUT2D eigenvalue weighted by molar-refractivity contribution is 5.82. The normalized spacial score (nSPS) is 11.0. The van der Waals surface area contributed by atoms with Gasteiger partial charge in [0.2, 0.25) is 0 Å². The fourth-order valence-electron chi connectivity index (χ4n) is 7.54. The molecular formula is C52H84N2O12. The van der Waals surface area contributed by atoms with Crippen molar-refractivity contribution in [2.45, 2.75) is 155 Å². The van der Waals surface area contributed by atoms with Gasteiger partial charge in [0.1, 0.15) is 64.1 Å². The van der Waals surface area contributed by atoms with Gasteiger partial charge in [-0.25, -0.2) is 0 Å². The van der Waals surface area contributed by atoms with E-state index in [1.54, 1.807) is 48.5 Å². The monoisotopic (exact) mass is 929 g/mol. The summed E-state index contributed by atoms with van der Waals surface area (Å²) < 4.78 is 34.0. The molecule has 0 radical (unpaired) electrons. The molecule has 0 aliphatic heterocycles. The van der Waals surface area contributed by atoms with Gasteiger partial charge < -0.3 is 48.4 Å². The molecule has 2 N–H and O–H groups in total. The largest absolute Gasteiger partial charge is 0.488 e. The third-order valence-electron chi connectivity index (χ3n) is 11.1. The van der Waals surface area contributed by atoms with Crippen molar-refractivity contribution in [3.05, 3.63) is 48.5 Å². The predicted molar refractivity (Wildman–Crippen MR) is 260 cm³/mol. The minimum atomic E-state index is -1.14. The summed E-state index contributed by atoms with van der Waals surface area (Å²) in [6, 6.07) is 13.5. The van der Waals surface area contributed by atoms with Crippen LogP contribution in [-0.2, 0) is 38.1 Å². The van der Waals surface area contributed by atoms with Crippen molar-refractivity contribution in [3.63, 3.8) is 0 Å². The number of carbonyl (C=O) groups is 4. The smallest absolute Gasteiger partial charge is 0.325 e. The Hall–Kier alpha value is -4.56. The number of carbonyl (C=O) groups excluding carboxylic acids is 2. The number of rotatable bonds is 45. The van der Waals surface area contributed by atoms with E-state index in [0.717, 1.165) is 25.7 Å². The molecule has 0 heterocycles. The molecule has 0 aliphatic rings. The number of unbranched alkanes of at least 4 members (excludes halogenated alkanes) is 20. The Morgan fingerprint density at radius 2 is 0.712 bits per heavy atom. The molecule has 0 atom stereocenters. The fourth-order valence-corrected chi connectivity index (χ4v) is 7.54. The first kappa shape index (κ1) is 57.6. The SMILES string of the molecule is CCCCCCCCCCCCCCCCCCOCCOC(=O)CN(CC(=O)O)c1ccccc1OCCOc1ccccc1N(CC(=O)O)CC(=O)OCCOCCCCCCCC. The molecule has 0 saturated carbocycles. The highest BCUT2D eigenvalue weighted by Gasteiger charge is 2.21. The lowest BCUT2D eigenvalue weighted by Crippen LogP contribution is -2.36. The van der Waals surface area contributed by atoms with Crippen LogP contribution in [-0.4, -0.2) is 113 Å². The number of para-hydroxylation sites is 4. The number of anilines is 2. The Labute approximate surface area is 396 Å². The van der Waals surface area contributed by atoms with Crippen molar-refractivity contribution in [3.8, 4) is 11.5 Å². The third-order valence-corrected chi connectivity index (χ3v) is 11.1. The Balaban J connectivity index is 1.72. The van der Waals surface area contributed by atoms with E-state index in [4.69, 9.17) is 28.4 Å². The van der Waals surface area contributed by atoms with Crippen molar-refractivity contribution in [1.29, 1.82) is 0 Å². The Bertz CT molecular complexity index is 1560. The zero-order valence-electron chi connectivity index (χ0n) is 40.5. The van der Waals surface area contributed by atoms with Crippen LogP contribution in [0.1, 0.15) is 155 Å². The van der Waals surface area contributed by atoms with Crippen LogP contribution in [0.25, 0.3) is 0 Å². The van der Waals surface area contributed by atoms with Crippen LogP contribution in [0.4, 0.5) is 11.4 Å². The second-order valence-corrected chi connectivity index (χ2v) is 16.9. The van der Waals surface area contributed by atoms with Crippen LogP contribution in [0, 0.1) is 0 Å². The van der Waals surface area contributed by atoms with Crippen molar-refractivity contribution >= 4 is 35.3 Å². The summed E-state index contributed by atoms with van der Waals surface area (Å²) in [4.78, 5) is 52.0. The van der Waals surface area contributed by atoms with Crippen molar-refractivity contribution in [2.24, 2.45) is 0 Å². The zero-order chi connectivity index (χ0) is 47.7. The number of hydrogen-bond donors (Lipinski definition) is 2. The van der Waals surface area contributed by atoms with Crippen molar-refractivity contribution in [1.82, 2.24) is 0 Å². The van der Waals surface area contributed by atoms with Gasteiger partial charge in [-0.2, -0.15) is 0 Å². The molecule has 0 fully saturated rings. The standard InChI is InChI=1S/C52H84N2O12/c1-3-5-7-9-11-12-13-14-15-16-17-18-19-20-22-28-34-62-36-38-66-52(60)44-54(42-50(57)58)46-30-24-26-32-48(46)64-40-39-63-47-31-25-23-29-45(47)53(41-49(55)56)43-51(59)65-37-35-61-33-27-21-10-8-6-4-2/h23-26,29-32H,3-22,27-28,33-44H2,1-2H3,(H,55,56)(H,57,58). The number of carboxylic acids is 2. The molecule has 374 valence electrons. The summed E-state index contributed by atoms with van der Waals surface area (Å²) in [5.74, 6) is -2.80. The number of esters is 2. The number of aliphatic carboxylic acids is 2. The van der Waals surface area contributed by atoms with Gasteiger partial charge in [-0.05, 0) is 37.1 Å². The third kappa shape index (κ3) is 29.9. The van der Waals surface area contributed by atoms with Gasteiger partial charge in [-0.1, -0.05) is 167 Å². The van der Waals surface area contributed by atoms with Gasteiger partial charge in [0, 0.05) is 13.2 Å². The molecule has 0 aromatic heterocycles. The van der Waals surface area contributed by atoms with Gasteiger partial charge in [0.25, 0.3) is 0 Å². The maximum absolute atomic E-state index is 12.8. The Kier molecular flexibility index (Phi) is 34.5. The lowest BCUT2D eigenvalue weighted by atomic mass is 10.0. The summed E-state index contributed by atoms with van der Waals surface area (Å²) in [5, 5.41) is 19.3. The average molecular weight is 929 g/mol. The van der Waals surface area contributed by atoms with E-state index in [-0.39, 0.29) is 52.7 Å². The van der Waals surface area contributed by atoms with Crippen molar-refractivity contribution < 1.29 is 57.8 Å². The molecule has 14 heteroatoms. The summed E-state index contributed by atoms with van der Waals surface area (Å²) >= 11 is 0. The van der Waals surface area contributed by atoms with Gasteiger partial charge in [0.15, 0.2) is 0 Å². The molecular weight excluding hydrogens is 845 g/mol. The molecule has 0 bridgehead atoms.